The van der Waals surface area contributed by atoms with Gasteiger partial charge in [-0.05, 0) is 19.3 Å². The molecule has 1 amide bonds. The summed E-state index contributed by atoms with van der Waals surface area (Å²) < 4.78 is 5.05. The Bertz CT molecular complexity index is 198. The smallest absolute Gasteiger partial charge is 0.236 e. The highest BCUT2D eigenvalue weighted by Crippen LogP contribution is 1.95. The van der Waals surface area contributed by atoms with Crippen LogP contribution < -0.4 is 10.6 Å². The second kappa shape index (κ2) is 10.5. The fraction of sp³-hybridized carbons (Fsp3) is 0.923. The Hall–Kier alpha value is -0.610. The van der Waals surface area contributed by atoms with Gasteiger partial charge in [0, 0.05) is 26.8 Å². The molecule has 0 spiro atoms. The molecule has 4 nitrogen and oxygen atoms in total. The van der Waals surface area contributed by atoms with E-state index in [1.54, 1.807) is 7.11 Å². The van der Waals surface area contributed by atoms with Crippen molar-refractivity contribution in [2.24, 2.45) is 5.92 Å². The van der Waals surface area contributed by atoms with Crippen LogP contribution in [-0.4, -0.2) is 38.8 Å². The maximum absolute atomic E-state index is 11.7. The molecule has 0 fully saturated rings. The minimum atomic E-state index is -0.129. The lowest BCUT2D eigenvalue weighted by molar-refractivity contribution is -0.122. The second-order valence-electron chi connectivity index (χ2n) is 4.69. The van der Waals surface area contributed by atoms with Gasteiger partial charge in [-0.3, -0.25) is 4.79 Å². The molecule has 0 aliphatic rings. The molecule has 0 saturated heterocycles. The molecule has 0 aromatic rings. The molecule has 0 saturated carbocycles. The van der Waals surface area contributed by atoms with E-state index in [0.717, 1.165) is 26.1 Å². The van der Waals surface area contributed by atoms with Crippen molar-refractivity contribution >= 4 is 5.91 Å². The predicted octanol–water partition coefficient (Wildman–Crippen LogP) is 1.55. The number of hydrogen-bond acceptors (Lipinski definition) is 3. The van der Waals surface area contributed by atoms with Gasteiger partial charge in [-0.25, -0.2) is 0 Å². The van der Waals surface area contributed by atoms with Crippen LogP contribution in [-0.2, 0) is 9.53 Å². The van der Waals surface area contributed by atoms with Crippen LogP contribution in [0.4, 0.5) is 0 Å². The van der Waals surface area contributed by atoms with E-state index >= 15 is 0 Å². The van der Waals surface area contributed by atoms with E-state index in [-0.39, 0.29) is 11.9 Å². The molecular formula is C13H28N2O2. The summed E-state index contributed by atoms with van der Waals surface area (Å²) in [6.07, 6.45) is 3.42. The fourth-order valence-corrected chi connectivity index (χ4v) is 1.55. The molecule has 0 rings (SSSR count). The summed E-state index contributed by atoms with van der Waals surface area (Å²) in [7, 11) is 1.69. The fourth-order valence-electron chi connectivity index (χ4n) is 1.55. The average molecular weight is 244 g/mol. The lowest BCUT2D eigenvalue weighted by atomic mass is 10.2. The van der Waals surface area contributed by atoms with Gasteiger partial charge in [0.15, 0.2) is 0 Å². The van der Waals surface area contributed by atoms with Crippen LogP contribution in [0.15, 0.2) is 0 Å². The van der Waals surface area contributed by atoms with Gasteiger partial charge < -0.3 is 15.4 Å². The number of hydrogen-bond donors (Lipinski definition) is 2. The summed E-state index contributed by atoms with van der Waals surface area (Å²) in [6.45, 7) is 8.46. The Morgan fingerprint density at radius 2 is 2.00 bits per heavy atom. The van der Waals surface area contributed by atoms with Crippen LogP contribution in [0.2, 0.25) is 0 Å². The summed E-state index contributed by atoms with van der Waals surface area (Å²) in [5.41, 5.74) is 0. The SMILES string of the molecule is CCCCCNC(=O)C(C)NCC(C)COC. The third-order valence-electron chi connectivity index (χ3n) is 2.70. The van der Waals surface area contributed by atoms with Crippen molar-refractivity contribution in [3.8, 4) is 0 Å². The lowest BCUT2D eigenvalue weighted by Gasteiger charge is -2.17. The molecule has 4 heteroatoms. The van der Waals surface area contributed by atoms with E-state index in [1.165, 1.54) is 12.8 Å². The molecule has 0 bridgehead atoms. The van der Waals surface area contributed by atoms with E-state index in [4.69, 9.17) is 4.74 Å². The Balaban J connectivity index is 3.59. The maximum Gasteiger partial charge on any atom is 0.236 e. The van der Waals surface area contributed by atoms with Crippen LogP contribution in [0.3, 0.4) is 0 Å². The van der Waals surface area contributed by atoms with Crippen LogP contribution in [0.5, 0.6) is 0 Å². The zero-order valence-electron chi connectivity index (χ0n) is 11.7. The summed E-state index contributed by atoms with van der Waals surface area (Å²) >= 11 is 0. The van der Waals surface area contributed by atoms with E-state index in [9.17, 15) is 4.79 Å². The molecule has 0 radical (unpaired) electrons. The zero-order valence-corrected chi connectivity index (χ0v) is 11.7. The normalized spacial score (nSPS) is 14.4. The van der Waals surface area contributed by atoms with E-state index in [0.29, 0.717) is 5.92 Å². The van der Waals surface area contributed by atoms with Gasteiger partial charge in [-0.15, -0.1) is 0 Å². The molecule has 0 aromatic carbocycles. The minimum Gasteiger partial charge on any atom is -0.384 e. The van der Waals surface area contributed by atoms with Crippen molar-refractivity contribution in [2.45, 2.75) is 46.1 Å². The number of ether oxygens (including phenoxy) is 1. The van der Waals surface area contributed by atoms with Gasteiger partial charge in [0.1, 0.15) is 0 Å². The molecule has 102 valence electrons. The zero-order chi connectivity index (χ0) is 13.1. The van der Waals surface area contributed by atoms with E-state index < -0.39 is 0 Å². The van der Waals surface area contributed by atoms with Gasteiger partial charge >= 0.3 is 0 Å². The van der Waals surface area contributed by atoms with Crippen molar-refractivity contribution in [1.82, 2.24) is 10.6 Å². The third-order valence-corrected chi connectivity index (χ3v) is 2.70. The molecule has 0 heterocycles. The number of amides is 1. The standard InChI is InChI=1S/C13H28N2O2/c1-5-6-7-8-14-13(16)12(3)15-9-11(2)10-17-4/h11-12,15H,5-10H2,1-4H3,(H,14,16). The minimum absolute atomic E-state index is 0.0886. The van der Waals surface area contributed by atoms with Gasteiger partial charge in [-0.1, -0.05) is 26.7 Å². The van der Waals surface area contributed by atoms with Gasteiger partial charge in [0.25, 0.3) is 0 Å². The van der Waals surface area contributed by atoms with Crippen LogP contribution in [0.1, 0.15) is 40.0 Å². The highest BCUT2D eigenvalue weighted by molar-refractivity contribution is 5.81. The second-order valence-corrected chi connectivity index (χ2v) is 4.69. The Kier molecular flexibility index (Phi) is 10.2. The van der Waals surface area contributed by atoms with Crippen molar-refractivity contribution in [1.29, 1.82) is 0 Å². The number of unbranched alkanes of at least 4 members (excludes halogenated alkanes) is 2. The first-order valence-electron chi connectivity index (χ1n) is 6.61. The number of carbonyl (C=O) groups is 1. The van der Waals surface area contributed by atoms with Gasteiger partial charge in [0.05, 0.1) is 6.04 Å². The summed E-state index contributed by atoms with van der Waals surface area (Å²) in [4.78, 5) is 11.7. The molecule has 0 aliphatic heterocycles. The first kappa shape index (κ1) is 16.4. The summed E-state index contributed by atoms with van der Waals surface area (Å²) in [5.74, 6) is 0.515. The monoisotopic (exact) mass is 244 g/mol. The van der Waals surface area contributed by atoms with Crippen molar-refractivity contribution in [3.63, 3.8) is 0 Å². The molecule has 0 aliphatic carbocycles. The van der Waals surface area contributed by atoms with Gasteiger partial charge in [0.2, 0.25) is 5.91 Å². The lowest BCUT2D eigenvalue weighted by Crippen LogP contribution is -2.44. The molecule has 17 heavy (non-hydrogen) atoms. The summed E-state index contributed by atoms with van der Waals surface area (Å²) in [6, 6.07) is -0.129. The quantitative estimate of drug-likeness (QED) is 0.573. The number of methoxy groups -OCH3 is 1. The molecule has 0 aromatic heterocycles. The maximum atomic E-state index is 11.7. The largest absolute Gasteiger partial charge is 0.384 e. The first-order valence-corrected chi connectivity index (χ1v) is 6.61. The molecule has 2 atom stereocenters. The van der Waals surface area contributed by atoms with Crippen LogP contribution >= 0.6 is 0 Å². The summed E-state index contributed by atoms with van der Waals surface area (Å²) in [5, 5.41) is 6.16. The first-order chi connectivity index (χ1) is 8.11. The van der Waals surface area contributed by atoms with Crippen LogP contribution in [0, 0.1) is 5.92 Å². The Morgan fingerprint density at radius 3 is 2.59 bits per heavy atom. The number of carbonyl (C=O) groups excluding carboxylic acids is 1. The molecule has 2 unspecified atom stereocenters. The van der Waals surface area contributed by atoms with Crippen LogP contribution in [0.25, 0.3) is 0 Å². The van der Waals surface area contributed by atoms with Crippen molar-refractivity contribution in [3.05, 3.63) is 0 Å². The van der Waals surface area contributed by atoms with Crippen molar-refractivity contribution < 1.29 is 9.53 Å². The molecule has 2 N–H and O–H groups in total. The van der Waals surface area contributed by atoms with E-state index in [2.05, 4.69) is 24.5 Å². The Labute approximate surface area is 105 Å². The number of nitrogens with one attached hydrogen (secondary N) is 2. The third kappa shape index (κ3) is 9.12. The average Bonchev–Trinajstić information content (AvgIpc) is 2.31. The van der Waals surface area contributed by atoms with Gasteiger partial charge in [-0.2, -0.15) is 0 Å². The Morgan fingerprint density at radius 1 is 1.29 bits per heavy atom. The highest BCUT2D eigenvalue weighted by atomic mass is 16.5. The highest BCUT2D eigenvalue weighted by Gasteiger charge is 2.12. The molecular weight excluding hydrogens is 216 g/mol. The number of rotatable bonds is 10. The van der Waals surface area contributed by atoms with E-state index in [1.807, 2.05) is 6.92 Å². The topological polar surface area (TPSA) is 50.4 Å². The van der Waals surface area contributed by atoms with Crippen molar-refractivity contribution in [2.75, 3.05) is 26.8 Å². The predicted molar refractivity (Wildman–Crippen MR) is 71.0 cm³/mol.